The fourth-order valence-electron chi connectivity index (χ4n) is 3.66. The molecule has 0 aliphatic carbocycles. The molecule has 32 heavy (non-hydrogen) atoms. The molecular weight excluding hydrogens is 442 g/mol. The van der Waals surface area contributed by atoms with Crippen LogP contribution in [0.5, 0.6) is 0 Å². The predicted octanol–water partition coefficient (Wildman–Crippen LogP) is 2.21. The van der Waals surface area contributed by atoms with Crippen molar-refractivity contribution in [3.05, 3.63) is 12.2 Å². The minimum atomic E-state index is -4.89. The normalized spacial score (nSPS) is 20.6. The Morgan fingerprint density at radius 3 is 2.16 bits per heavy atom. The third-order valence-corrected chi connectivity index (χ3v) is 5.97. The molecule has 7 nitrogen and oxygen atoms in total. The zero-order chi connectivity index (χ0) is 22.8. The largest absolute Gasteiger partial charge is 1.00 e. The molecule has 0 aromatic heterocycles. The van der Waals surface area contributed by atoms with Gasteiger partial charge in [-0.25, -0.2) is 0 Å². The number of esters is 1. The van der Waals surface area contributed by atoms with E-state index in [2.05, 4.69) is 23.6 Å². The number of ether oxygens (including phenoxy) is 2. The Labute approximate surface area is 216 Å². The van der Waals surface area contributed by atoms with Crippen molar-refractivity contribution < 1.29 is 62.7 Å². The van der Waals surface area contributed by atoms with Gasteiger partial charge in [0.1, 0.15) is 12.2 Å². The molecule has 1 saturated heterocycles. The first kappa shape index (κ1) is 32.3. The van der Waals surface area contributed by atoms with Crippen LogP contribution in [0.1, 0.15) is 103 Å². The van der Waals surface area contributed by atoms with E-state index in [-0.39, 0.29) is 42.1 Å². The third kappa shape index (κ3) is 18.7. The van der Waals surface area contributed by atoms with Crippen molar-refractivity contribution in [3.63, 3.8) is 0 Å². The molecule has 1 aliphatic rings. The van der Waals surface area contributed by atoms with Gasteiger partial charge in [0.25, 0.3) is 7.82 Å². The first-order valence-corrected chi connectivity index (χ1v) is 13.6. The fraction of sp³-hybridized carbons (Fsp3) is 0.870. The molecule has 3 atom stereocenters. The van der Waals surface area contributed by atoms with Crippen LogP contribution >= 0.6 is 7.82 Å². The van der Waals surface area contributed by atoms with Crippen molar-refractivity contribution in [2.24, 2.45) is 0 Å². The molecule has 182 valence electrons. The van der Waals surface area contributed by atoms with Crippen molar-refractivity contribution >= 4 is 13.8 Å². The molecule has 1 N–H and O–H groups in total. The van der Waals surface area contributed by atoms with Crippen LogP contribution in [0.2, 0.25) is 0 Å². The van der Waals surface area contributed by atoms with Crippen molar-refractivity contribution in [2.75, 3.05) is 13.2 Å². The van der Waals surface area contributed by atoms with Gasteiger partial charge in [-0.05, 0) is 32.1 Å². The summed E-state index contributed by atoms with van der Waals surface area (Å²) >= 11 is 0. The fourth-order valence-corrected chi connectivity index (χ4v) is 4.20. The Hall–Kier alpha value is 0.280. The Bertz CT molecular complexity index is 538. The molecule has 0 spiro atoms. The van der Waals surface area contributed by atoms with E-state index >= 15 is 0 Å². The number of carbonyl (C=O) groups excluding carboxylic acids is 1. The average molecular weight is 485 g/mol. The Morgan fingerprint density at radius 2 is 1.56 bits per heavy atom. The maximum Gasteiger partial charge on any atom is 1.00 e. The molecule has 1 unspecified atom stereocenters. The summed E-state index contributed by atoms with van der Waals surface area (Å²) in [6, 6.07) is 0. The molecule has 1 aliphatic heterocycles. The van der Waals surface area contributed by atoms with Crippen LogP contribution in [0.25, 0.3) is 0 Å². The first-order valence-electron chi connectivity index (χ1n) is 12.1. The molecule has 1 rings (SSSR count). The maximum absolute atomic E-state index is 12.0. The molecule has 0 radical (unpaired) electrons. The third-order valence-electron chi connectivity index (χ3n) is 5.44. The number of carbonyl (C=O) groups is 1. The monoisotopic (exact) mass is 484 g/mol. The second-order valence-electron chi connectivity index (χ2n) is 8.34. The van der Waals surface area contributed by atoms with E-state index in [1.165, 1.54) is 51.4 Å². The predicted molar refractivity (Wildman–Crippen MR) is 119 cm³/mol. The molecule has 0 aromatic rings. The summed E-state index contributed by atoms with van der Waals surface area (Å²) in [4.78, 5) is 31.8. The van der Waals surface area contributed by atoms with E-state index in [0.717, 1.165) is 32.1 Å². The van der Waals surface area contributed by atoms with E-state index in [4.69, 9.17) is 14.4 Å². The molecule has 0 bridgehead atoms. The van der Waals surface area contributed by atoms with Crippen LogP contribution in [0.3, 0.4) is 0 Å². The Morgan fingerprint density at radius 1 is 1.00 bits per heavy atom. The van der Waals surface area contributed by atoms with Gasteiger partial charge in [0.15, 0.2) is 0 Å². The van der Waals surface area contributed by atoms with E-state index in [1.54, 1.807) is 0 Å². The van der Waals surface area contributed by atoms with E-state index in [0.29, 0.717) is 19.4 Å². The van der Waals surface area contributed by atoms with E-state index < -0.39 is 20.0 Å². The standard InChI is InChI=1S/C23H43O7P.Na/c1-2-3-4-5-6-7-8-9-10-11-12-13-14-15-16-17-23(24)29-21-18-19-28-20-22(21)30-31(25,26)27;/h9-10,21-22H,2-8,11-20H2,1H3,(H2,25,26,27);/q;+1/p-1/b10-9+;/t21-,22+;/m0./s1. The number of hydrogen-bond acceptors (Lipinski definition) is 6. The summed E-state index contributed by atoms with van der Waals surface area (Å²) in [7, 11) is -4.89. The summed E-state index contributed by atoms with van der Waals surface area (Å²) in [5.74, 6) is -0.364. The van der Waals surface area contributed by atoms with Gasteiger partial charge in [-0.15, -0.1) is 0 Å². The average Bonchev–Trinajstić information content (AvgIpc) is 2.71. The zero-order valence-corrected chi connectivity index (χ0v) is 23.1. The number of phosphoric ester groups is 1. The zero-order valence-electron chi connectivity index (χ0n) is 20.2. The number of unbranched alkanes of at least 4 members (excludes halogenated alkanes) is 11. The molecule has 1 heterocycles. The molecular formula is C23H42NaO7P. The Kier molecular flexibility index (Phi) is 20.8. The number of rotatable bonds is 18. The summed E-state index contributed by atoms with van der Waals surface area (Å²) in [5.41, 5.74) is 0. The minimum absolute atomic E-state index is 0. The number of allylic oxidation sites excluding steroid dienone is 2. The van der Waals surface area contributed by atoms with Gasteiger partial charge in [-0.2, -0.15) is 0 Å². The molecule has 0 amide bonds. The summed E-state index contributed by atoms with van der Waals surface area (Å²) in [6.07, 6.45) is 19.1. The molecule has 0 aromatic carbocycles. The van der Waals surface area contributed by atoms with Crippen molar-refractivity contribution in [1.29, 1.82) is 0 Å². The topological polar surface area (TPSA) is 105 Å². The van der Waals surface area contributed by atoms with Gasteiger partial charge in [0.2, 0.25) is 0 Å². The summed E-state index contributed by atoms with van der Waals surface area (Å²) in [6.45, 7) is 2.58. The van der Waals surface area contributed by atoms with Gasteiger partial charge >= 0.3 is 35.5 Å². The quantitative estimate of drug-likeness (QED) is 0.105. The van der Waals surface area contributed by atoms with Crippen LogP contribution in [0.15, 0.2) is 12.2 Å². The van der Waals surface area contributed by atoms with E-state index in [9.17, 15) is 14.3 Å². The van der Waals surface area contributed by atoms with Gasteiger partial charge in [-0.1, -0.05) is 70.4 Å². The summed E-state index contributed by atoms with van der Waals surface area (Å²) in [5, 5.41) is 0. The summed E-state index contributed by atoms with van der Waals surface area (Å²) < 4.78 is 26.0. The van der Waals surface area contributed by atoms with Gasteiger partial charge in [0.05, 0.1) is 13.2 Å². The maximum atomic E-state index is 12.0. The van der Waals surface area contributed by atoms with Crippen molar-refractivity contribution in [3.8, 4) is 0 Å². The minimum Gasteiger partial charge on any atom is -0.756 e. The number of hydrogen-bond donors (Lipinski definition) is 1. The van der Waals surface area contributed by atoms with E-state index in [1.807, 2.05) is 0 Å². The smallest absolute Gasteiger partial charge is 0.756 e. The second-order valence-corrected chi connectivity index (χ2v) is 9.49. The van der Waals surface area contributed by atoms with Crippen LogP contribution in [0, 0.1) is 0 Å². The van der Waals surface area contributed by atoms with Gasteiger partial charge in [-0.3, -0.25) is 9.36 Å². The van der Waals surface area contributed by atoms with Crippen molar-refractivity contribution in [1.82, 2.24) is 0 Å². The number of phosphoric acid groups is 1. The second kappa shape index (κ2) is 20.6. The van der Waals surface area contributed by atoms with Crippen LogP contribution in [0.4, 0.5) is 0 Å². The van der Waals surface area contributed by atoms with Crippen molar-refractivity contribution in [2.45, 2.75) is 115 Å². The molecule has 9 heteroatoms. The Balaban J connectivity index is 0.00000961. The van der Waals surface area contributed by atoms with Gasteiger partial charge < -0.3 is 23.8 Å². The molecule has 0 saturated carbocycles. The SMILES string of the molecule is CCCCCCCC/C=C/CCCCCCCC(=O)O[C@H]1CCOC[C@H]1OP(=O)([O-])O.[Na+]. The van der Waals surface area contributed by atoms with Crippen LogP contribution < -0.4 is 34.5 Å². The molecule has 1 fully saturated rings. The van der Waals surface area contributed by atoms with Crippen LogP contribution in [-0.2, 0) is 23.4 Å². The van der Waals surface area contributed by atoms with Gasteiger partial charge in [0, 0.05) is 12.8 Å². The first-order chi connectivity index (χ1) is 14.9. The van der Waals surface area contributed by atoms with Crippen LogP contribution in [-0.4, -0.2) is 36.3 Å².